The summed E-state index contributed by atoms with van der Waals surface area (Å²) in [7, 11) is 0. The minimum Gasteiger partial charge on any atom is -0.482 e. The molecule has 0 bridgehead atoms. The Morgan fingerprint density at radius 2 is 2.00 bits per heavy atom. The predicted octanol–water partition coefficient (Wildman–Crippen LogP) is 2.23. The zero-order valence-electron chi connectivity index (χ0n) is 14.1. The molecule has 0 spiro atoms. The van der Waals surface area contributed by atoms with Crippen LogP contribution >= 0.6 is 12.4 Å². The second-order valence-electron chi connectivity index (χ2n) is 5.83. The third kappa shape index (κ3) is 6.37. The standard InChI is InChI=1S/C17H26N2O3.ClH/c1-4-21-17(20)12-22-16-7-5-15(6-8-16)11-19-10-13(2)18-9-14(19)3;/h5-8,13-14,18H,4,9-12H2,1-3H3;1H. The molecule has 0 radical (unpaired) electrons. The van der Waals surface area contributed by atoms with Crippen molar-refractivity contribution in [3.8, 4) is 5.75 Å². The molecule has 0 amide bonds. The third-order valence-electron chi connectivity index (χ3n) is 3.86. The fourth-order valence-electron chi connectivity index (χ4n) is 2.59. The topological polar surface area (TPSA) is 50.8 Å². The summed E-state index contributed by atoms with van der Waals surface area (Å²) in [5.41, 5.74) is 1.25. The van der Waals surface area contributed by atoms with Crippen LogP contribution in [-0.4, -0.2) is 49.3 Å². The van der Waals surface area contributed by atoms with E-state index in [0.29, 0.717) is 24.4 Å². The zero-order valence-corrected chi connectivity index (χ0v) is 14.9. The van der Waals surface area contributed by atoms with Crippen molar-refractivity contribution in [2.45, 2.75) is 39.4 Å². The summed E-state index contributed by atoms with van der Waals surface area (Å²) in [4.78, 5) is 13.7. The van der Waals surface area contributed by atoms with Crippen LogP contribution in [0.5, 0.6) is 5.75 Å². The van der Waals surface area contributed by atoms with Crippen LogP contribution in [0.4, 0.5) is 0 Å². The summed E-state index contributed by atoms with van der Waals surface area (Å²) in [6, 6.07) is 8.99. The highest BCUT2D eigenvalue weighted by Crippen LogP contribution is 2.16. The molecule has 2 atom stereocenters. The molecule has 1 fully saturated rings. The number of esters is 1. The molecule has 2 unspecified atom stereocenters. The van der Waals surface area contributed by atoms with Crippen LogP contribution in [0, 0.1) is 0 Å². The molecule has 6 heteroatoms. The molecule has 130 valence electrons. The van der Waals surface area contributed by atoms with E-state index >= 15 is 0 Å². The predicted molar refractivity (Wildman–Crippen MR) is 93.2 cm³/mol. The van der Waals surface area contributed by atoms with Gasteiger partial charge >= 0.3 is 5.97 Å². The van der Waals surface area contributed by atoms with Gasteiger partial charge in [-0.1, -0.05) is 12.1 Å². The Bertz CT molecular complexity index is 481. The van der Waals surface area contributed by atoms with Crippen LogP contribution < -0.4 is 10.1 Å². The van der Waals surface area contributed by atoms with Gasteiger partial charge in [0, 0.05) is 31.7 Å². The normalized spacial score (nSPS) is 21.3. The van der Waals surface area contributed by atoms with E-state index in [0.717, 1.165) is 19.6 Å². The molecule has 1 aromatic carbocycles. The minimum absolute atomic E-state index is 0. The molecule has 2 rings (SSSR count). The van der Waals surface area contributed by atoms with Gasteiger partial charge in [-0.15, -0.1) is 12.4 Å². The van der Waals surface area contributed by atoms with Gasteiger partial charge in [0.2, 0.25) is 0 Å². The number of nitrogens with zero attached hydrogens (tertiary/aromatic N) is 1. The van der Waals surface area contributed by atoms with Gasteiger partial charge in [-0.05, 0) is 38.5 Å². The molecule has 0 aromatic heterocycles. The van der Waals surface area contributed by atoms with E-state index in [-0.39, 0.29) is 25.0 Å². The smallest absolute Gasteiger partial charge is 0.344 e. The van der Waals surface area contributed by atoms with Gasteiger partial charge in [-0.2, -0.15) is 0 Å². The summed E-state index contributed by atoms with van der Waals surface area (Å²) in [5.74, 6) is 0.355. The Hall–Kier alpha value is -1.30. The van der Waals surface area contributed by atoms with Gasteiger partial charge in [0.15, 0.2) is 6.61 Å². The van der Waals surface area contributed by atoms with Gasteiger partial charge < -0.3 is 14.8 Å². The summed E-state index contributed by atoms with van der Waals surface area (Å²) in [5, 5.41) is 3.49. The first-order valence-electron chi connectivity index (χ1n) is 7.93. The van der Waals surface area contributed by atoms with Crippen molar-refractivity contribution in [1.82, 2.24) is 10.2 Å². The van der Waals surface area contributed by atoms with Crippen molar-refractivity contribution < 1.29 is 14.3 Å². The Labute approximate surface area is 144 Å². The van der Waals surface area contributed by atoms with Crippen LogP contribution in [0.3, 0.4) is 0 Å². The van der Waals surface area contributed by atoms with Gasteiger partial charge in [-0.3, -0.25) is 4.90 Å². The van der Waals surface area contributed by atoms with E-state index < -0.39 is 0 Å². The minimum atomic E-state index is -0.338. The van der Waals surface area contributed by atoms with E-state index in [9.17, 15) is 4.79 Å². The molecule has 0 saturated carbocycles. The number of nitrogens with one attached hydrogen (secondary N) is 1. The van der Waals surface area contributed by atoms with Crippen molar-refractivity contribution in [3.05, 3.63) is 29.8 Å². The van der Waals surface area contributed by atoms with Crippen molar-refractivity contribution in [1.29, 1.82) is 0 Å². The average Bonchev–Trinajstić information content (AvgIpc) is 2.50. The van der Waals surface area contributed by atoms with Gasteiger partial charge in [0.25, 0.3) is 0 Å². The first-order valence-corrected chi connectivity index (χ1v) is 7.93. The maximum Gasteiger partial charge on any atom is 0.344 e. The fraction of sp³-hybridized carbons (Fsp3) is 0.588. The Kier molecular flexibility index (Phi) is 8.37. The SMILES string of the molecule is CCOC(=O)COc1ccc(CN2CC(C)NCC2C)cc1.Cl. The quantitative estimate of drug-likeness (QED) is 0.803. The van der Waals surface area contributed by atoms with Gasteiger partial charge in [0.05, 0.1) is 6.61 Å². The van der Waals surface area contributed by atoms with Crippen LogP contribution in [-0.2, 0) is 16.1 Å². The molecule has 23 heavy (non-hydrogen) atoms. The average molecular weight is 343 g/mol. The molecule has 1 aliphatic rings. The van der Waals surface area contributed by atoms with Crippen LogP contribution in [0.1, 0.15) is 26.3 Å². The van der Waals surface area contributed by atoms with Crippen molar-refractivity contribution >= 4 is 18.4 Å². The third-order valence-corrected chi connectivity index (χ3v) is 3.86. The number of piperazine rings is 1. The van der Waals surface area contributed by atoms with E-state index in [1.165, 1.54) is 5.56 Å². The Morgan fingerprint density at radius 1 is 1.30 bits per heavy atom. The molecule has 1 N–H and O–H groups in total. The van der Waals surface area contributed by atoms with Gasteiger partial charge in [-0.25, -0.2) is 4.79 Å². The Morgan fingerprint density at radius 3 is 2.65 bits per heavy atom. The molecular formula is C17H27ClN2O3. The molecule has 0 aliphatic carbocycles. The van der Waals surface area contributed by atoms with Crippen molar-refractivity contribution in [2.24, 2.45) is 0 Å². The van der Waals surface area contributed by atoms with E-state index in [4.69, 9.17) is 9.47 Å². The molecule has 5 nitrogen and oxygen atoms in total. The number of hydrogen-bond donors (Lipinski definition) is 1. The highest BCUT2D eigenvalue weighted by molar-refractivity contribution is 5.85. The molecule has 1 heterocycles. The van der Waals surface area contributed by atoms with Crippen LogP contribution in [0.15, 0.2) is 24.3 Å². The number of carbonyl (C=O) groups is 1. The van der Waals surface area contributed by atoms with E-state index in [2.05, 4.69) is 36.2 Å². The number of benzene rings is 1. The molecule has 1 aromatic rings. The number of halogens is 1. The second kappa shape index (κ2) is 9.75. The lowest BCUT2D eigenvalue weighted by Gasteiger charge is -2.37. The number of hydrogen-bond acceptors (Lipinski definition) is 5. The zero-order chi connectivity index (χ0) is 15.9. The van der Waals surface area contributed by atoms with E-state index in [1.807, 2.05) is 12.1 Å². The summed E-state index contributed by atoms with van der Waals surface area (Å²) >= 11 is 0. The van der Waals surface area contributed by atoms with Gasteiger partial charge in [0.1, 0.15) is 5.75 Å². The fourth-order valence-corrected chi connectivity index (χ4v) is 2.59. The molecule has 1 saturated heterocycles. The number of carbonyl (C=O) groups excluding carboxylic acids is 1. The van der Waals surface area contributed by atoms with Crippen LogP contribution in [0.25, 0.3) is 0 Å². The lowest BCUT2D eigenvalue weighted by Crippen LogP contribution is -2.53. The summed E-state index contributed by atoms with van der Waals surface area (Å²) in [6.45, 7) is 9.60. The van der Waals surface area contributed by atoms with Crippen molar-refractivity contribution in [2.75, 3.05) is 26.3 Å². The molecule has 1 aliphatic heterocycles. The number of rotatable bonds is 6. The largest absolute Gasteiger partial charge is 0.482 e. The lowest BCUT2D eigenvalue weighted by atomic mass is 10.1. The van der Waals surface area contributed by atoms with E-state index in [1.54, 1.807) is 6.92 Å². The molecular weight excluding hydrogens is 316 g/mol. The second-order valence-corrected chi connectivity index (χ2v) is 5.83. The van der Waals surface area contributed by atoms with Crippen molar-refractivity contribution in [3.63, 3.8) is 0 Å². The van der Waals surface area contributed by atoms with Crippen LogP contribution in [0.2, 0.25) is 0 Å². The summed E-state index contributed by atoms with van der Waals surface area (Å²) in [6.07, 6.45) is 0. The monoisotopic (exact) mass is 342 g/mol. The first-order chi connectivity index (χ1) is 10.6. The summed E-state index contributed by atoms with van der Waals surface area (Å²) < 4.78 is 10.2. The Balaban J connectivity index is 0.00000264. The maximum absolute atomic E-state index is 11.3. The highest BCUT2D eigenvalue weighted by Gasteiger charge is 2.22. The highest BCUT2D eigenvalue weighted by atomic mass is 35.5. The first kappa shape index (κ1) is 19.7. The number of ether oxygens (including phenoxy) is 2. The lowest BCUT2D eigenvalue weighted by molar-refractivity contribution is -0.145. The maximum atomic E-state index is 11.3.